The van der Waals surface area contributed by atoms with Crippen LogP contribution in [0.1, 0.15) is 30.9 Å². The molecular weight excluding hydrogens is 270 g/mol. The van der Waals surface area contributed by atoms with Crippen molar-refractivity contribution in [2.24, 2.45) is 0 Å². The Morgan fingerprint density at radius 2 is 1.81 bits per heavy atom. The van der Waals surface area contributed by atoms with Gasteiger partial charge in [-0.3, -0.25) is 9.59 Å². The summed E-state index contributed by atoms with van der Waals surface area (Å²) in [4.78, 5) is 22.7. The van der Waals surface area contributed by atoms with Gasteiger partial charge in [-0.2, -0.15) is 0 Å². The predicted octanol–water partition coefficient (Wildman–Crippen LogP) is 2.14. The Balaban J connectivity index is 2.20. The Bertz CT molecular complexity index is 465. The summed E-state index contributed by atoms with van der Waals surface area (Å²) in [6.45, 7) is 6.53. The van der Waals surface area contributed by atoms with Gasteiger partial charge < -0.3 is 14.8 Å². The lowest BCUT2D eigenvalue weighted by Gasteiger charge is -2.09. The van der Waals surface area contributed by atoms with Gasteiger partial charge in [0.15, 0.2) is 6.61 Å². The fourth-order valence-corrected chi connectivity index (χ4v) is 1.91. The SMILES string of the molecule is CCOC(=O)CCCNC(=O)COc1cc(C)cc(C)c1. The molecule has 1 aromatic rings. The van der Waals surface area contributed by atoms with Crippen molar-refractivity contribution in [3.63, 3.8) is 0 Å². The van der Waals surface area contributed by atoms with Crippen molar-refractivity contribution in [1.29, 1.82) is 0 Å². The zero-order valence-electron chi connectivity index (χ0n) is 12.9. The number of carbonyl (C=O) groups is 2. The van der Waals surface area contributed by atoms with E-state index in [1.807, 2.05) is 32.0 Å². The van der Waals surface area contributed by atoms with E-state index >= 15 is 0 Å². The molecule has 0 spiro atoms. The predicted molar refractivity (Wildman–Crippen MR) is 80.3 cm³/mol. The van der Waals surface area contributed by atoms with Crippen molar-refractivity contribution in [2.75, 3.05) is 19.8 Å². The van der Waals surface area contributed by atoms with Crippen molar-refractivity contribution >= 4 is 11.9 Å². The van der Waals surface area contributed by atoms with Crippen LogP contribution >= 0.6 is 0 Å². The standard InChI is InChI=1S/C16H23NO4/c1-4-20-16(19)6-5-7-17-15(18)11-21-14-9-12(2)8-13(3)10-14/h8-10H,4-7,11H2,1-3H3,(H,17,18). The molecule has 0 radical (unpaired) electrons. The van der Waals surface area contributed by atoms with Gasteiger partial charge in [-0.05, 0) is 50.5 Å². The smallest absolute Gasteiger partial charge is 0.305 e. The van der Waals surface area contributed by atoms with Gasteiger partial charge in [0.2, 0.25) is 0 Å². The molecule has 1 rings (SSSR count). The molecule has 0 bridgehead atoms. The van der Waals surface area contributed by atoms with E-state index in [0.717, 1.165) is 11.1 Å². The fraction of sp³-hybridized carbons (Fsp3) is 0.500. The molecule has 116 valence electrons. The van der Waals surface area contributed by atoms with Gasteiger partial charge >= 0.3 is 5.97 Å². The summed E-state index contributed by atoms with van der Waals surface area (Å²) in [6, 6.07) is 5.82. The molecular formula is C16H23NO4. The summed E-state index contributed by atoms with van der Waals surface area (Å²) in [5, 5.41) is 2.71. The molecule has 0 aliphatic carbocycles. The minimum atomic E-state index is -0.238. The van der Waals surface area contributed by atoms with E-state index in [1.54, 1.807) is 6.92 Å². The maximum absolute atomic E-state index is 11.6. The maximum Gasteiger partial charge on any atom is 0.305 e. The first-order chi connectivity index (χ1) is 10.0. The molecule has 5 heteroatoms. The van der Waals surface area contributed by atoms with Crippen LogP contribution in [0.2, 0.25) is 0 Å². The lowest BCUT2D eigenvalue weighted by Crippen LogP contribution is -2.30. The van der Waals surface area contributed by atoms with Crippen LogP contribution in [0.15, 0.2) is 18.2 Å². The number of aryl methyl sites for hydroxylation is 2. The van der Waals surface area contributed by atoms with E-state index in [4.69, 9.17) is 9.47 Å². The van der Waals surface area contributed by atoms with Crippen LogP contribution in [-0.2, 0) is 14.3 Å². The summed E-state index contributed by atoms with van der Waals surface area (Å²) in [7, 11) is 0. The first kappa shape index (κ1) is 17.0. The van der Waals surface area contributed by atoms with E-state index in [-0.39, 0.29) is 18.5 Å². The first-order valence-electron chi connectivity index (χ1n) is 7.14. The topological polar surface area (TPSA) is 64.6 Å². The van der Waals surface area contributed by atoms with Crippen LogP contribution in [0.25, 0.3) is 0 Å². The zero-order chi connectivity index (χ0) is 15.7. The molecule has 1 amide bonds. The Morgan fingerprint density at radius 1 is 1.14 bits per heavy atom. The van der Waals surface area contributed by atoms with E-state index in [1.165, 1.54) is 0 Å². The normalized spacial score (nSPS) is 10.0. The van der Waals surface area contributed by atoms with Crippen LogP contribution in [0.4, 0.5) is 0 Å². The second kappa shape index (κ2) is 9.00. The number of esters is 1. The van der Waals surface area contributed by atoms with E-state index in [0.29, 0.717) is 31.7 Å². The summed E-state index contributed by atoms with van der Waals surface area (Å²) in [5.41, 5.74) is 2.19. The quantitative estimate of drug-likeness (QED) is 0.589. The molecule has 0 aliphatic rings. The number of hydrogen-bond acceptors (Lipinski definition) is 4. The van der Waals surface area contributed by atoms with Crippen LogP contribution in [0, 0.1) is 13.8 Å². The number of nitrogens with one attached hydrogen (secondary N) is 1. The van der Waals surface area contributed by atoms with Gasteiger partial charge in [0.25, 0.3) is 5.91 Å². The highest BCUT2D eigenvalue weighted by molar-refractivity contribution is 5.77. The molecule has 0 heterocycles. The highest BCUT2D eigenvalue weighted by atomic mass is 16.5. The number of carbonyl (C=O) groups excluding carboxylic acids is 2. The summed E-state index contributed by atoms with van der Waals surface area (Å²) >= 11 is 0. The Labute approximate surface area is 125 Å². The molecule has 0 saturated carbocycles. The van der Waals surface area contributed by atoms with E-state index in [2.05, 4.69) is 5.32 Å². The Morgan fingerprint density at radius 3 is 2.43 bits per heavy atom. The lowest BCUT2D eigenvalue weighted by atomic mass is 10.1. The molecule has 0 unspecified atom stereocenters. The average molecular weight is 293 g/mol. The Kier molecular flexibility index (Phi) is 7.29. The summed E-state index contributed by atoms with van der Waals surface area (Å²) in [6.07, 6.45) is 0.875. The molecule has 0 aromatic heterocycles. The van der Waals surface area contributed by atoms with Gasteiger partial charge in [-0.1, -0.05) is 6.07 Å². The molecule has 1 aromatic carbocycles. The van der Waals surface area contributed by atoms with Gasteiger partial charge in [0.05, 0.1) is 6.61 Å². The van der Waals surface area contributed by atoms with Crippen LogP contribution < -0.4 is 10.1 Å². The molecule has 5 nitrogen and oxygen atoms in total. The minimum absolute atomic E-state index is 0.0255. The highest BCUT2D eigenvalue weighted by Gasteiger charge is 2.05. The van der Waals surface area contributed by atoms with Gasteiger partial charge in [-0.15, -0.1) is 0 Å². The number of benzene rings is 1. The van der Waals surface area contributed by atoms with Crippen molar-refractivity contribution in [2.45, 2.75) is 33.6 Å². The van der Waals surface area contributed by atoms with Gasteiger partial charge in [0, 0.05) is 13.0 Å². The number of amides is 1. The second-order valence-corrected chi connectivity index (χ2v) is 4.87. The summed E-state index contributed by atoms with van der Waals surface area (Å²) < 4.78 is 10.2. The zero-order valence-corrected chi connectivity index (χ0v) is 12.9. The van der Waals surface area contributed by atoms with Crippen molar-refractivity contribution in [1.82, 2.24) is 5.32 Å². The highest BCUT2D eigenvalue weighted by Crippen LogP contribution is 2.15. The number of ether oxygens (including phenoxy) is 2. The molecule has 0 fully saturated rings. The fourth-order valence-electron chi connectivity index (χ4n) is 1.91. The maximum atomic E-state index is 11.6. The number of rotatable bonds is 8. The molecule has 21 heavy (non-hydrogen) atoms. The second-order valence-electron chi connectivity index (χ2n) is 4.87. The van der Waals surface area contributed by atoms with Crippen molar-refractivity contribution < 1.29 is 19.1 Å². The van der Waals surface area contributed by atoms with Gasteiger partial charge in [0.1, 0.15) is 5.75 Å². The number of hydrogen-bond donors (Lipinski definition) is 1. The lowest BCUT2D eigenvalue weighted by molar-refractivity contribution is -0.143. The largest absolute Gasteiger partial charge is 0.484 e. The van der Waals surface area contributed by atoms with Crippen molar-refractivity contribution in [3.05, 3.63) is 29.3 Å². The van der Waals surface area contributed by atoms with Crippen molar-refractivity contribution in [3.8, 4) is 5.75 Å². The van der Waals surface area contributed by atoms with Crippen LogP contribution in [-0.4, -0.2) is 31.6 Å². The third-order valence-electron chi connectivity index (χ3n) is 2.75. The minimum Gasteiger partial charge on any atom is -0.484 e. The monoisotopic (exact) mass is 293 g/mol. The van der Waals surface area contributed by atoms with E-state index in [9.17, 15) is 9.59 Å². The van der Waals surface area contributed by atoms with E-state index < -0.39 is 0 Å². The third-order valence-corrected chi connectivity index (χ3v) is 2.75. The Hall–Kier alpha value is -2.04. The van der Waals surface area contributed by atoms with Gasteiger partial charge in [-0.25, -0.2) is 0 Å². The molecule has 0 aliphatic heterocycles. The molecule has 0 atom stereocenters. The first-order valence-corrected chi connectivity index (χ1v) is 7.14. The average Bonchev–Trinajstić information content (AvgIpc) is 2.41. The van der Waals surface area contributed by atoms with Crippen LogP contribution in [0.5, 0.6) is 5.75 Å². The third kappa shape index (κ3) is 7.34. The summed E-state index contributed by atoms with van der Waals surface area (Å²) in [5.74, 6) is 0.255. The van der Waals surface area contributed by atoms with Crippen LogP contribution in [0.3, 0.4) is 0 Å². The molecule has 1 N–H and O–H groups in total. The molecule has 0 saturated heterocycles.